The molecule has 1 amide bonds. The van der Waals surface area contributed by atoms with Crippen molar-refractivity contribution in [3.05, 3.63) is 52.2 Å². The predicted octanol–water partition coefficient (Wildman–Crippen LogP) is 2.80. The molecular formula is C20H26N2O4S2. The molecule has 0 radical (unpaired) electrons. The Balaban J connectivity index is 1.52. The van der Waals surface area contributed by atoms with Gasteiger partial charge in [-0.3, -0.25) is 4.79 Å². The second-order valence-corrected chi connectivity index (χ2v) is 9.93. The Morgan fingerprint density at radius 1 is 1.21 bits per heavy atom. The monoisotopic (exact) mass is 422 g/mol. The van der Waals surface area contributed by atoms with E-state index >= 15 is 0 Å². The summed E-state index contributed by atoms with van der Waals surface area (Å²) in [7, 11) is -2.08. The first-order chi connectivity index (χ1) is 13.4. The quantitative estimate of drug-likeness (QED) is 0.651. The molecular weight excluding hydrogens is 396 g/mol. The Morgan fingerprint density at radius 2 is 2.00 bits per heavy atom. The molecule has 8 heteroatoms. The van der Waals surface area contributed by atoms with Crippen LogP contribution in [0.4, 0.5) is 0 Å². The maximum Gasteiger partial charge on any atom is 0.235 e. The van der Waals surface area contributed by atoms with E-state index in [2.05, 4.69) is 21.5 Å². The van der Waals surface area contributed by atoms with Crippen LogP contribution >= 0.6 is 11.3 Å². The van der Waals surface area contributed by atoms with Gasteiger partial charge in [0.2, 0.25) is 15.9 Å². The molecule has 0 bridgehead atoms. The van der Waals surface area contributed by atoms with Crippen molar-refractivity contribution in [1.82, 2.24) is 10.0 Å². The summed E-state index contributed by atoms with van der Waals surface area (Å²) >= 11 is 1.72. The van der Waals surface area contributed by atoms with Crippen LogP contribution in [0.2, 0.25) is 0 Å². The van der Waals surface area contributed by atoms with Crippen molar-refractivity contribution in [3.8, 4) is 5.75 Å². The Hall–Kier alpha value is -1.90. The van der Waals surface area contributed by atoms with Crippen LogP contribution in [-0.2, 0) is 26.0 Å². The Bertz CT molecular complexity index is 889. The number of carbonyl (C=O) groups is 1. The van der Waals surface area contributed by atoms with Crippen LogP contribution in [0.5, 0.6) is 5.75 Å². The van der Waals surface area contributed by atoms with Gasteiger partial charge in [-0.05, 0) is 42.0 Å². The van der Waals surface area contributed by atoms with Crippen LogP contribution in [0.1, 0.15) is 36.1 Å². The van der Waals surface area contributed by atoms with E-state index in [0.29, 0.717) is 17.9 Å². The highest BCUT2D eigenvalue weighted by molar-refractivity contribution is 7.88. The smallest absolute Gasteiger partial charge is 0.235 e. The van der Waals surface area contributed by atoms with E-state index < -0.39 is 10.0 Å². The molecule has 2 aromatic rings. The first-order valence-electron chi connectivity index (χ1n) is 9.33. The SMILES string of the molecule is COc1cccc(CS(=O)(=O)NCC(=O)NCC2(c3cccs3)CCCC2)c1. The molecule has 1 saturated carbocycles. The van der Waals surface area contributed by atoms with Crippen molar-refractivity contribution >= 4 is 27.3 Å². The molecule has 1 fully saturated rings. The Morgan fingerprint density at radius 3 is 2.68 bits per heavy atom. The fourth-order valence-corrected chi connectivity index (χ4v) is 5.74. The summed E-state index contributed by atoms with van der Waals surface area (Å²) in [5, 5.41) is 4.99. The van der Waals surface area contributed by atoms with Gasteiger partial charge in [0.05, 0.1) is 19.4 Å². The summed E-state index contributed by atoms with van der Waals surface area (Å²) in [5.41, 5.74) is 0.596. The maximum absolute atomic E-state index is 12.3. The number of ether oxygens (including phenoxy) is 1. The van der Waals surface area contributed by atoms with Gasteiger partial charge in [-0.15, -0.1) is 11.3 Å². The third-order valence-electron chi connectivity index (χ3n) is 5.17. The van der Waals surface area contributed by atoms with Gasteiger partial charge >= 0.3 is 0 Å². The van der Waals surface area contributed by atoms with Gasteiger partial charge in [0, 0.05) is 16.8 Å². The van der Waals surface area contributed by atoms with Crippen LogP contribution in [-0.4, -0.2) is 34.5 Å². The van der Waals surface area contributed by atoms with Gasteiger partial charge in [0.1, 0.15) is 5.75 Å². The van der Waals surface area contributed by atoms with Crippen molar-refractivity contribution in [3.63, 3.8) is 0 Å². The summed E-state index contributed by atoms with van der Waals surface area (Å²) in [4.78, 5) is 13.6. The lowest BCUT2D eigenvalue weighted by molar-refractivity contribution is -0.120. The lowest BCUT2D eigenvalue weighted by Gasteiger charge is -2.28. The van der Waals surface area contributed by atoms with Crippen LogP contribution in [0.3, 0.4) is 0 Å². The molecule has 6 nitrogen and oxygen atoms in total. The van der Waals surface area contributed by atoms with Crippen molar-refractivity contribution in [2.24, 2.45) is 0 Å². The zero-order valence-corrected chi connectivity index (χ0v) is 17.6. The lowest BCUT2D eigenvalue weighted by Crippen LogP contribution is -2.43. The number of thiophene rings is 1. The second-order valence-electron chi connectivity index (χ2n) is 7.17. The van der Waals surface area contributed by atoms with Gasteiger partial charge in [0.25, 0.3) is 0 Å². The van der Waals surface area contributed by atoms with Gasteiger partial charge in [-0.1, -0.05) is 31.0 Å². The molecule has 1 aliphatic carbocycles. The molecule has 1 aromatic carbocycles. The number of hydrogen-bond donors (Lipinski definition) is 2. The molecule has 3 rings (SSSR count). The van der Waals surface area contributed by atoms with E-state index in [1.54, 1.807) is 35.6 Å². The summed E-state index contributed by atoms with van der Waals surface area (Å²) in [6.45, 7) is 0.288. The van der Waals surface area contributed by atoms with Crippen molar-refractivity contribution < 1.29 is 17.9 Å². The zero-order chi connectivity index (χ0) is 20.0. The predicted molar refractivity (Wildman–Crippen MR) is 111 cm³/mol. The Labute approximate surface area is 170 Å². The van der Waals surface area contributed by atoms with Gasteiger partial charge in [0.15, 0.2) is 0 Å². The molecule has 0 aliphatic heterocycles. The first kappa shape index (κ1) is 20.8. The Kier molecular flexibility index (Phi) is 6.74. The number of sulfonamides is 1. The average Bonchev–Trinajstić information content (AvgIpc) is 3.37. The fourth-order valence-electron chi connectivity index (χ4n) is 3.68. The first-order valence-corrected chi connectivity index (χ1v) is 11.9. The molecule has 0 unspecified atom stereocenters. The number of amides is 1. The van der Waals surface area contributed by atoms with Crippen molar-refractivity contribution in [2.45, 2.75) is 36.9 Å². The van der Waals surface area contributed by atoms with E-state index in [1.165, 1.54) is 12.0 Å². The zero-order valence-electron chi connectivity index (χ0n) is 15.9. The van der Waals surface area contributed by atoms with Gasteiger partial charge in [-0.2, -0.15) is 0 Å². The minimum Gasteiger partial charge on any atom is -0.497 e. The summed E-state index contributed by atoms with van der Waals surface area (Å²) in [6, 6.07) is 11.0. The largest absolute Gasteiger partial charge is 0.497 e. The second kappa shape index (κ2) is 9.07. The van der Waals surface area contributed by atoms with Crippen LogP contribution in [0, 0.1) is 0 Å². The lowest BCUT2D eigenvalue weighted by atomic mass is 9.84. The molecule has 0 atom stereocenters. The number of methoxy groups -OCH3 is 1. The molecule has 2 N–H and O–H groups in total. The summed E-state index contributed by atoms with van der Waals surface area (Å²) in [5.74, 6) is 0.0919. The highest BCUT2D eigenvalue weighted by atomic mass is 32.2. The molecule has 152 valence electrons. The van der Waals surface area contributed by atoms with Gasteiger partial charge in [-0.25, -0.2) is 13.1 Å². The van der Waals surface area contributed by atoms with E-state index in [0.717, 1.165) is 25.7 Å². The maximum atomic E-state index is 12.3. The fraction of sp³-hybridized carbons (Fsp3) is 0.450. The normalized spacial score (nSPS) is 16.0. The number of benzene rings is 1. The third-order valence-corrected chi connectivity index (χ3v) is 7.59. The van der Waals surface area contributed by atoms with Crippen molar-refractivity contribution in [2.75, 3.05) is 20.2 Å². The highest BCUT2D eigenvalue weighted by Gasteiger charge is 2.36. The standard InChI is InChI=1S/C20H26N2O4S2/c1-26-17-7-4-6-16(12-17)14-28(24,25)22-13-19(23)21-15-20(9-2-3-10-20)18-8-5-11-27-18/h4-8,11-12,22H,2-3,9-10,13-15H2,1H3,(H,21,23). The molecule has 1 aliphatic rings. The molecule has 1 heterocycles. The van der Waals surface area contributed by atoms with Crippen molar-refractivity contribution in [1.29, 1.82) is 0 Å². The van der Waals surface area contributed by atoms with Crippen LogP contribution < -0.4 is 14.8 Å². The van der Waals surface area contributed by atoms with E-state index in [4.69, 9.17) is 4.74 Å². The highest BCUT2D eigenvalue weighted by Crippen LogP contribution is 2.42. The van der Waals surface area contributed by atoms with Crippen LogP contribution in [0.25, 0.3) is 0 Å². The van der Waals surface area contributed by atoms with Gasteiger partial charge < -0.3 is 10.1 Å². The third kappa shape index (κ3) is 5.33. The molecule has 28 heavy (non-hydrogen) atoms. The summed E-state index contributed by atoms with van der Waals surface area (Å²) in [6.07, 6.45) is 4.41. The molecule has 0 spiro atoms. The topological polar surface area (TPSA) is 84.5 Å². The average molecular weight is 423 g/mol. The number of nitrogens with one attached hydrogen (secondary N) is 2. The number of carbonyl (C=O) groups excluding carboxylic acids is 1. The summed E-state index contributed by atoms with van der Waals surface area (Å²) < 4.78 is 32.1. The van der Waals surface area contributed by atoms with Crippen LogP contribution in [0.15, 0.2) is 41.8 Å². The minimum atomic E-state index is -3.61. The molecule has 0 saturated heterocycles. The number of rotatable bonds is 9. The van der Waals surface area contributed by atoms with E-state index in [1.807, 2.05) is 6.07 Å². The van der Waals surface area contributed by atoms with E-state index in [9.17, 15) is 13.2 Å². The van der Waals surface area contributed by atoms with E-state index in [-0.39, 0.29) is 23.6 Å². The minimum absolute atomic E-state index is 0.0106. The molecule has 1 aromatic heterocycles. The number of hydrogen-bond acceptors (Lipinski definition) is 5.